The number of rotatable bonds is 8. The van der Waals surface area contributed by atoms with Gasteiger partial charge in [-0.15, -0.1) is 0 Å². The molecule has 3 heterocycles. The maximum Gasteiger partial charge on any atom is 0.250 e. The third-order valence-electron chi connectivity index (χ3n) is 7.81. The lowest BCUT2D eigenvalue weighted by Crippen LogP contribution is -2.53. The van der Waals surface area contributed by atoms with Crippen LogP contribution in [-0.4, -0.2) is 58.1 Å². The topological polar surface area (TPSA) is 108 Å². The molecule has 0 saturated carbocycles. The minimum absolute atomic E-state index is 0.125. The molecule has 3 saturated heterocycles. The molecule has 2 unspecified atom stereocenters. The minimum atomic E-state index is -1.12. The molecular weight excluding hydrogens is 482 g/mol. The van der Waals surface area contributed by atoms with Crippen LogP contribution in [0.5, 0.6) is 0 Å². The van der Waals surface area contributed by atoms with E-state index in [0.717, 1.165) is 5.56 Å². The number of likely N-dealkylation sites (tertiary alicyclic amines) is 1. The average Bonchev–Trinajstić information content (AvgIpc) is 3.44. The summed E-state index contributed by atoms with van der Waals surface area (Å²) in [5, 5.41) is 15.7. The number of anilines is 1. The first kappa shape index (κ1) is 24.7. The molecule has 9 heteroatoms. The molecule has 0 aliphatic carbocycles. The van der Waals surface area contributed by atoms with Crippen molar-refractivity contribution in [3.63, 3.8) is 0 Å². The monoisotopic (exact) mass is 511 g/mol. The highest BCUT2D eigenvalue weighted by atomic mass is 35.5. The van der Waals surface area contributed by atoms with Crippen LogP contribution in [0.4, 0.5) is 5.69 Å². The first-order valence-corrected chi connectivity index (χ1v) is 12.7. The number of benzene rings is 2. The Labute approximate surface area is 215 Å². The minimum Gasteiger partial charge on any atom is -0.396 e. The van der Waals surface area contributed by atoms with Crippen LogP contribution in [-0.2, 0) is 25.7 Å². The van der Waals surface area contributed by atoms with Crippen molar-refractivity contribution in [1.82, 2.24) is 10.2 Å². The Bertz CT molecular complexity index is 1180. The highest BCUT2D eigenvalue weighted by Crippen LogP contribution is 2.63. The molecule has 3 aliphatic rings. The van der Waals surface area contributed by atoms with Crippen molar-refractivity contribution in [2.45, 2.75) is 50.0 Å². The number of ether oxygens (including phenoxy) is 1. The second-order valence-corrected chi connectivity index (χ2v) is 10.4. The van der Waals surface area contributed by atoms with Gasteiger partial charge in [-0.2, -0.15) is 0 Å². The number of hydrogen-bond acceptors (Lipinski definition) is 5. The Morgan fingerprint density at radius 2 is 1.83 bits per heavy atom. The zero-order chi connectivity index (χ0) is 25.5. The van der Waals surface area contributed by atoms with E-state index in [1.54, 1.807) is 24.3 Å². The molecule has 5 atom stereocenters. The standard InChI is InChI=1S/C27H30ClN3O5/c1-26-12-13-27(36-26)21(20(26)23(33)29-16-17-8-3-2-4-9-17)25(35)31(14-7-15-32)22(27)24(34)30-19-11-6-5-10-18(19)28/h2-6,8-11,20-22,32H,7,12-16H2,1H3,(H,29,33)(H,30,34)/t20-,21-,22?,26+,27?/m0/s1. The number of aliphatic hydroxyl groups is 1. The molecular formula is C27H30ClN3O5. The van der Waals surface area contributed by atoms with Gasteiger partial charge in [0.05, 0.1) is 28.1 Å². The van der Waals surface area contributed by atoms with Crippen molar-refractivity contribution in [3.8, 4) is 0 Å². The van der Waals surface area contributed by atoms with E-state index in [4.69, 9.17) is 16.3 Å². The Morgan fingerprint density at radius 3 is 2.56 bits per heavy atom. The number of carbonyl (C=O) groups is 3. The SMILES string of the molecule is C[C@]12CCC3(O1)C(C(=O)Nc1ccccc1Cl)N(CCCO)C(=O)[C@@H]3[C@H]2C(=O)NCc1ccccc1. The predicted octanol–water partition coefficient (Wildman–Crippen LogP) is 2.74. The fraction of sp³-hybridized carbons (Fsp3) is 0.444. The Kier molecular flexibility index (Phi) is 6.53. The molecule has 36 heavy (non-hydrogen) atoms. The second kappa shape index (κ2) is 9.50. The molecule has 2 aromatic rings. The highest BCUT2D eigenvalue weighted by molar-refractivity contribution is 6.33. The summed E-state index contributed by atoms with van der Waals surface area (Å²) in [5.41, 5.74) is -0.585. The first-order valence-electron chi connectivity index (χ1n) is 12.3. The molecule has 3 amide bonds. The Morgan fingerprint density at radius 1 is 1.11 bits per heavy atom. The zero-order valence-electron chi connectivity index (χ0n) is 20.1. The van der Waals surface area contributed by atoms with Crippen molar-refractivity contribution in [1.29, 1.82) is 0 Å². The van der Waals surface area contributed by atoms with Gasteiger partial charge in [-0.1, -0.05) is 54.1 Å². The van der Waals surface area contributed by atoms with E-state index < -0.39 is 35.0 Å². The largest absolute Gasteiger partial charge is 0.396 e. The van der Waals surface area contributed by atoms with Gasteiger partial charge in [0.2, 0.25) is 17.7 Å². The van der Waals surface area contributed by atoms with E-state index in [-0.39, 0.29) is 25.0 Å². The summed E-state index contributed by atoms with van der Waals surface area (Å²) in [6, 6.07) is 15.5. The van der Waals surface area contributed by atoms with Gasteiger partial charge in [0.15, 0.2) is 0 Å². The van der Waals surface area contributed by atoms with Gasteiger partial charge < -0.3 is 25.4 Å². The number of nitrogens with zero attached hydrogens (tertiary/aromatic N) is 1. The smallest absolute Gasteiger partial charge is 0.250 e. The maximum absolute atomic E-state index is 13.8. The van der Waals surface area contributed by atoms with Crippen LogP contribution in [0.15, 0.2) is 54.6 Å². The number of carbonyl (C=O) groups excluding carboxylic acids is 3. The lowest BCUT2D eigenvalue weighted by Gasteiger charge is -2.33. The van der Waals surface area contributed by atoms with Crippen LogP contribution in [0.1, 0.15) is 31.7 Å². The van der Waals surface area contributed by atoms with Gasteiger partial charge in [-0.05, 0) is 43.9 Å². The lowest BCUT2D eigenvalue weighted by molar-refractivity contribution is -0.144. The third-order valence-corrected chi connectivity index (χ3v) is 8.14. The highest BCUT2D eigenvalue weighted by Gasteiger charge is 2.77. The van der Waals surface area contributed by atoms with Crippen molar-refractivity contribution in [2.24, 2.45) is 11.8 Å². The van der Waals surface area contributed by atoms with Crippen molar-refractivity contribution in [3.05, 3.63) is 65.2 Å². The van der Waals surface area contributed by atoms with Crippen LogP contribution in [0, 0.1) is 11.8 Å². The van der Waals surface area contributed by atoms with Crippen molar-refractivity contribution in [2.75, 3.05) is 18.5 Å². The van der Waals surface area contributed by atoms with Crippen LogP contribution >= 0.6 is 11.6 Å². The summed E-state index contributed by atoms with van der Waals surface area (Å²) in [5.74, 6) is -2.46. The summed E-state index contributed by atoms with van der Waals surface area (Å²) >= 11 is 6.27. The number of fused-ring (bicyclic) bond motifs is 1. The van der Waals surface area contributed by atoms with Crippen LogP contribution in [0.2, 0.25) is 5.02 Å². The zero-order valence-corrected chi connectivity index (χ0v) is 20.8. The van der Waals surface area contributed by atoms with Crippen LogP contribution in [0.25, 0.3) is 0 Å². The lowest BCUT2D eigenvalue weighted by atomic mass is 9.66. The van der Waals surface area contributed by atoms with E-state index in [9.17, 15) is 19.5 Å². The molecule has 3 N–H and O–H groups in total. The van der Waals surface area contributed by atoms with Crippen LogP contribution in [0.3, 0.4) is 0 Å². The van der Waals surface area contributed by atoms with E-state index in [2.05, 4.69) is 10.6 Å². The fourth-order valence-corrected chi connectivity index (χ4v) is 6.45. The molecule has 1 spiro atoms. The molecule has 8 nitrogen and oxygen atoms in total. The van der Waals surface area contributed by atoms with E-state index in [1.807, 2.05) is 37.3 Å². The molecule has 0 radical (unpaired) electrons. The van der Waals surface area contributed by atoms with Crippen LogP contribution < -0.4 is 10.6 Å². The molecule has 3 aliphatic heterocycles. The van der Waals surface area contributed by atoms with Gasteiger partial charge in [-0.3, -0.25) is 14.4 Å². The Hall–Kier alpha value is -2.94. The van der Waals surface area contributed by atoms with Gasteiger partial charge in [-0.25, -0.2) is 0 Å². The normalized spacial score (nSPS) is 30.4. The summed E-state index contributed by atoms with van der Waals surface area (Å²) < 4.78 is 6.56. The van der Waals surface area contributed by atoms with E-state index in [1.165, 1.54) is 4.90 Å². The number of halogens is 1. The van der Waals surface area contributed by atoms with Crippen molar-refractivity contribution < 1.29 is 24.2 Å². The third kappa shape index (κ3) is 3.97. The predicted molar refractivity (Wildman–Crippen MR) is 134 cm³/mol. The number of amides is 3. The number of aliphatic hydroxyl groups excluding tert-OH is 1. The first-order chi connectivity index (χ1) is 17.3. The molecule has 3 fully saturated rings. The second-order valence-electron chi connectivity index (χ2n) is 10.0. The molecule has 2 aromatic carbocycles. The fourth-order valence-electron chi connectivity index (χ4n) is 6.27. The quantitative estimate of drug-likeness (QED) is 0.505. The summed E-state index contributed by atoms with van der Waals surface area (Å²) in [6.45, 7) is 2.26. The van der Waals surface area contributed by atoms with E-state index >= 15 is 0 Å². The van der Waals surface area contributed by atoms with E-state index in [0.29, 0.717) is 36.5 Å². The molecule has 5 rings (SSSR count). The number of nitrogens with one attached hydrogen (secondary N) is 2. The van der Waals surface area contributed by atoms with Gasteiger partial charge in [0.1, 0.15) is 11.6 Å². The number of para-hydroxylation sites is 1. The number of hydrogen-bond donors (Lipinski definition) is 3. The summed E-state index contributed by atoms with van der Waals surface area (Å²) in [7, 11) is 0. The molecule has 0 aromatic heterocycles. The van der Waals surface area contributed by atoms with Gasteiger partial charge >= 0.3 is 0 Å². The van der Waals surface area contributed by atoms with Crippen molar-refractivity contribution >= 4 is 35.0 Å². The molecule has 190 valence electrons. The van der Waals surface area contributed by atoms with Gasteiger partial charge in [0.25, 0.3) is 0 Å². The maximum atomic E-state index is 13.8. The van der Waals surface area contributed by atoms with Gasteiger partial charge in [0, 0.05) is 19.7 Å². The average molecular weight is 512 g/mol. The summed E-state index contributed by atoms with van der Waals surface area (Å²) in [6.07, 6.45) is 1.36. The summed E-state index contributed by atoms with van der Waals surface area (Å²) in [4.78, 5) is 42.5. The Balaban J connectivity index is 1.45. The molecule has 2 bridgehead atoms.